The lowest BCUT2D eigenvalue weighted by atomic mass is 10.1. The molecule has 0 saturated heterocycles. The molecule has 0 saturated carbocycles. The summed E-state index contributed by atoms with van der Waals surface area (Å²) in [5.74, 6) is -0.800. The third kappa shape index (κ3) is 11.2. The highest BCUT2D eigenvalue weighted by molar-refractivity contribution is 5.89. The van der Waals surface area contributed by atoms with Gasteiger partial charge in [0.25, 0.3) is 0 Å². The average molecular weight is 472 g/mol. The van der Waals surface area contributed by atoms with E-state index in [-0.39, 0.29) is 31.7 Å². The second kappa shape index (κ2) is 13.1. The second-order valence-corrected chi connectivity index (χ2v) is 7.01. The van der Waals surface area contributed by atoms with Crippen LogP contribution in [0.2, 0.25) is 0 Å². The Morgan fingerprint density at radius 2 is 1.44 bits per heavy atom. The molecule has 6 nitrogen and oxygen atoms in total. The average Bonchev–Trinajstić information content (AvgIpc) is 2.67. The number of carbonyl (C=O) groups is 2. The molecule has 1 rings (SSSR count). The Bertz CT molecular complexity index is 738. The van der Waals surface area contributed by atoms with Crippen molar-refractivity contribution in [1.29, 1.82) is 0 Å². The molecule has 0 fully saturated rings. The van der Waals surface area contributed by atoms with Gasteiger partial charge in [0.2, 0.25) is 0 Å². The van der Waals surface area contributed by atoms with Crippen LogP contribution in [0.5, 0.6) is 0 Å². The number of amides is 2. The molecule has 1 aromatic carbocycles. The van der Waals surface area contributed by atoms with E-state index in [0.29, 0.717) is 13.0 Å². The number of aliphatic carboxylic acids is 1. The fourth-order valence-electron chi connectivity index (χ4n) is 2.81. The smallest absolute Gasteiger partial charge is 0.417 e. The number of ether oxygens (including phenoxy) is 1. The highest BCUT2D eigenvalue weighted by atomic mass is 19.4. The molecule has 0 atom stereocenters. The fraction of sp³-hybridized carbons (Fsp3) is 0.600. The van der Waals surface area contributed by atoms with Crippen molar-refractivity contribution in [3.63, 3.8) is 0 Å². The maximum atomic E-state index is 12.9. The van der Waals surface area contributed by atoms with Gasteiger partial charge in [0.1, 0.15) is 0 Å². The van der Waals surface area contributed by atoms with Crippen molar-refractivity contribution in [2.24, 2.45) is 0 Å². The summed E-state index contributed by atoms with van der Waals surface area (Å²) < 4.78 is 82.3. The van der Waals surface area contributed by atoms with Gasteiger partial charge in [0.05, 0.1) is 17.7 Å². The number of carboxylic acid groups (broad SMARTS) is 1. The molecular weight excluding hydrogens is 446 g/mol. The summed E-state index contributed by atoms with van der Waals surface area (Å²) in [5, 5.41) is 12.9. The zero-order valence-corrected chi connectivity index (χ0v) is 17.2. The third-order valence-electron chi connectivity index (χ3n) is 4.35. The Morgan fingerprint density at radius 1 is 0.844 bits per heavy atom. The lowest BCUT2D eigenvalue weighted by Crippen LogP contribution is -2.31. The van der Waals surface area contributed by atoms with Gasteiger partial charge in [-0.25, -0.2) is 4.79 Å². The maximum absolute atomic E-state index is 12.9. The van der Waals surface area contributed by atoms with Crippen molar-refractivity contribution in [3.8, 4) is 0 Å². The number of halogens is 6. The van der Waals surface area contributed by atoms with Crippen LogP contribution in [0.15, 0.2) is 18.2 Å². The maximum Gasteiger partial charge on any atom is 0.417 e. The molecule has 0 bridgehead atoms. The minimum Gasteiger partial charge on any atom is -0.481 e. The number of rotatable bonds is 13. The molecular formula is C20H26F6N2O4. The van der Waals surface area contributed by atoms with Crippen LogP contribution in [0.4, 0.5) is 36.8 Å². The zero-order valence-electron chi connectivity index (χ0n) is 17.2. The molecule has 32 heavy (non-hydrogen) atoms. The summed E-state index contributed by atoms with van der Waals surface area (Å²) in [6, 6.07) is 0.382. The summed E-state index contributed by atoms with van der Waals surface area (Å²) in [6.45, 7) is 0.674. The fourth-order valence-corrected chi connectivity index (χ4v) is 2.81. The number of carboxylic acids is 1. The predicted octanol–water partition coefficient (Wildman–Crippen LogP) is 5.68. The van der Waals surface area contributed by atoms with Crippen molar-refractivity contribution in [2.45, 2.75) is 57.3 Å². The van der Waals surface area contributed by atoms with Gasteiger partial charge in [-0.05, 0) is 31.0 Å². The van der Waals surface area contributed by atoms with Crippen LogP contribution in [0.1, 0.15) is 56.1 Å². The molecule has 0 aliphatic heterocycles. The molecule has 0 unspecified atom stereocenters. The van der Waals surface area contributed by atoms with Crippen LogP contribution in [-0.2, 0) is 21.9 Å². The standard InChI is InChI=1S/C20H26F6N2O4/c21-19(22,23)15-9-8-14(13-16(15)20(24,25)26)28-18(31)27-10-12-32-11-6-4-2-1-3-5-7-17(29)30/h8-9,13H,1-7,10-12H2,(H,29,30)(H2,27,28,31). The van der Waals surface area contributed by atoms with E-state index in [1.165, 1.54) is 0 Å². The highest BCUT2D eigenvalue weighted by Gasteiger charge is 2.43. The number of unbranched alkanes of at least 4 members (excludes halogenated alkanes) is 5. The van der Waals surface area contributed by atoms with Crippen LogP contribution in [-0.4, -0.2) is 36.9 Å². The molecule has 2 amide bonds. The minimum absolute atomic E-state index is 0.0633. The lowest BCUT2D eigenvalue weighted by Gasteiger charge is -2.17. The second-order valence-electron chi connectivity index (χ2n) is 7.01. The predicted molar refractivity (Wildman–Crippen MR) is 104 cm³/mol. The Morgan fingerprint density at radius 3 is 2.03 bits per heavy atom. The Balaban J connectivity index is 2.25. The number of carbonyl (C=O) groups excluding carboxylic acids is 1. The first-order chi connectivity index (χ1) is 14.9. The Kier molecular flexibility index (Phi) is 11.3. The van der Waals surface area contributed by atoms with E-state index >= 15 is 0 Å². The summed E-state index contributed by atoms with van der Waals surface area (Å²) in [7, 11) is 0. The molecule has 0 spiro atoms. The van der Waals surface area contributed by atoms with Gasteiger partial charge in [-0.1, -0.05) is 25.7 Å². The van der Waals surface area contributed by atoms with E-state index in [1.54, 1.807) is 0 Å². The quantitative estimate of drug-likeness (QED) is 0.255. The van der Waals surface area contributed by atoms with Crippen LogP contribution < -0.4 is 10.6 Å². The number of urea groups is 1. The van der Waals surface area contributed by atoms with Gasteiger partial charge in [0, 0.05) is 25.3 Å². The number of benzene rings is 1. The van der Waals surface area contributed by atoms with Gasteiger partial charge in [-0.15, -0.1) is 0 Å². The topological polar surface area (TPSA) is 87.7 Å². The first-order valence-electron chi connectivity index (χ1n) is 10.0. The van der Waals surface area contributed by atoms with Gasteiger partial charge in [-0.3, -0.25) is 4.79 Å². The normalized spacial score (nSPS) is 11.9. The summed E-state index contributed by atoms with van der Waals surface area (Å²) >= 11 is 0. The lowest BCUT2D eigenvalue weighted by molar-refractivity contribution is -0.162. The number of hydrogen-bond acceptors (Lipinski definition) is 3. The van der Waals surface area contributed by atoms with Crippen LogP contribution in [0.25, 0.3) is 0 Å². The molecule has 182 valence electrons. The number of nitrogens with one attached hydrogen (secondary N) is 2. The first-order valence-corrected chi connectivity index (χ1v) is 10.0. The van der Waals surface area contributed by atoms with Crippen LogP contribution in [0, 0.1) is 0 Å². The molecule has 0 heterocycles. The van der Waals surface area contributed by atoms with Crippen molar-refractivity contribution < 1.29 is 45.8 Å². The SMILES string of the molecule is O=C(O)CCCCCCCCOCCNC(=O)Nc1ccc(C(F)(F)F)c(C(F)(F)F)c1. The van der Waals surface area contributed by atoms with E-state index in [2.05, 4.69) is 10.6 Å². The largest absolute Gasteiger partial charge is 0.481 e. The molecule has 3 N–H and O–H groups in total. The van der Waals surface area contributed by atoms with Crippen LogP contribution in [0.3, 0.4) is 0 Å². The molecule has 12 heteroatoms. The molecule has 0 radical (unpaired) electrons. The third-order valence-corrected chi connectivity index (χ3v) is 4.35. The first kappa shape index (κ1) is 27.5. The van der Waals surface area contributed by atoms with E-state index in [1.807, 2.05) is 0 Å². The van der Waals surface area contributed by atoms with Gasteiger partial charge >= 0.3 is 24.4 Å². The van der Waals surface area contributed by atoms with Crippen LogP contribution >= 0.6 is 0 Å². The van der Waals surface area contributed by atoms with Crippen molar-refractivity contribution in [1.82, 2.24) is 5.32 Å². The number of alkyl halides is 6. The number of hydrogen-bond donors (Lipinski definition) is 3. The highest BCUT2D eigenvalue weighted by Crippen LogP contribution is 2.41. The molecule has 0 aromatic heterocycles. The minimum atomic E-state index is -5.23. The van der Waals surface area contributed by atoms with Gasteiger partial charge in [-0.2, -0.15) is 26.3 Å². The Hall–Kier alpha value is -2.50. The van der Waals surface area contributed by atoms with E-state index in [9.17, 15) is 35.9 Å². The van der Waals surface area contributed by atoms with Crippen molar-refractivity contribution in [3.05, 3.63) is 29.3 Å². The molecule has 0 aliphatic carbocycles. The van der Waals surface area contributed by atoms with Gasteiger partial charge in [0.15, 0.2) is 0 Å². The van der Waals surface area contributed by atoms with Crippen molar-refractivity contribution >= 4 is 17.7 Å². The van der Waals surface area contributed by atoms with E-state index in [0.717, 1.165) is 38.2 Å². The zero-order chi connectivity index (χ0) is 24.2. The molecule has 0 aliphatic rings. The van der Waals surface area contributed by atoms with Gasteiger partial charge < -0.3 is 20.5 Å². The number of anilines is 1. The van der Waals surface area contributed by atoms with E-state index in [4.69, 9.17) is 9.84 Å². The van der Waals surface area contributed by atoms with E-state index < -0.39 is 41.2 Å². The summed E-state index contributed by atoms with van der Waals surface area (Å²) in [6.07, 6.45) is -5.13. The van der Waals surface area contributed by atoms with Crippen molar-refractivity contribution in [2.75, 3.05) is 25.1 Å². The monoisotopic (exact) mass is 472 g/mol. The molecule has 1 aromatic rings. The summed E-state index contributed by atoms with van der Waals surface area (Å²) in [4.78, 5) is 22.1. The summed E-state index contributed by atoms with van der Waals surface area (Å²) in [5.41, 5.74) is -4.13. The Labute approximate surface area is 181 Å².